The Kier molecular flexibility index (Phi) is 4.46. The summed E-state index contributed by atoms with van der Waals surface area (Å²) in [6.45, 7) is 3.76. The maximum Gasteiger partial charge on any atom is 0.160 e. The van der Waals surface area contributed by atoms with Gasteiger partial charge in [0.25, 0.3) is 0 Å². The van der Waals surface area contributed by atoms with E-state index in [0.29, 0.717) is 6.42 Å². The Bertz CT molecular complexity index is 594. The predicted molar refractivity (Wildman–Crippen MR) is 80.7 cm³/mol. The Morgan fingerprint density at radius 1 is 1.00 bits per heavy atom. The van der Waals surface area contributed by atoms with Gasteiger partial charge in [-0.25, -0.2) is 0 Å². The van der Waals surface area contributed by atoms with Crippen molar-refractivity contribution in [2.75, 3.05) is 0 Å². The maximum atomic E-state index is 11.9. The van der Waals surface area contributed by atoms with Crippen molar-refractivity contribution >= 4 is 17.9 Å². The summed E-state index contributed by atoms with van der Waals surface area (Å²) in [5, 5.41) is 0. The molecular weight excluding hydrogens is 232 g/mol. The van der Waals surface area contributed by atoms with Crippen LogP contribution in [0.5, 0.6) is 0 Å². The van der Waals surface area contributed by atoms with Crippen molar-refractivity contribution in [2.24, 2.45) is 0 Å². The number of allylic oxidation sites excluding steroid dienone is 1. The van der Waals surface area contributed by atoms with E-state index in [2.05, 4.69) is 6.58 Å². The molecule has 0 fully saturated rings. The summed E-state index contributed by atoms with van der Waals surface area (Å²) >= 11 is 0. The van der Waals surface area contributed by atoms with Gasteiger partial charge in [0, 0.05) is 6.42 Å². The predicted octanol–water partition coefficient (Wildman–Crippen LogP) is 4.15. The number of carbonyl (C=O) groups is 1. The first-order valence-electron chi connectivity index (χ1n) is 6.26. The van der Waals surface area contributed by atoms with Crippen LogP contribution in [0.3, 0.4) is 0 Å². The van der Waals surface area contributed by atoms with Crippen LogP contribution in [0.1, 0.15) is 16.7 Å². The molecule has 2 rings (SSSR count). The highest BCUT2D eigenvalue weighted by atomic mass is 16.1. The van der Waals surface area contributed by atoms with Gasteiger partial charge in [-0.2, -0.15) is 0 Å². The molecule has 0 N–H and O–H groups in total. The summed E-state index contributed by atoms with van der Waals surface area (Å²) in [5.41, 5.74) is 3.07. The summed E-state index contributed by atoms with van der Waals surface area (Å²) in [4.78, 5) is 11.9. The van der Waals surface area contributed by atoms with E-state index in [0.717, 1.165) is 16.7 Å². The molecule has 1 heteroatoms. The van der Waals surface area contributed by atoms with Gasteiger partial charge in [-0.3, -0.25) is 4.79 Å². The lowest BCUT2D eigenvalue weighted by molar-refractivity contribution is -0.113. The summed E-state index contributed by atoms with van der Waals surface area (Å²) < 4.78 is 0. The molecule has 2 aromatic carbocycles. The van der Waals surface area contributed by atoms with Crippen LogP contribution >= 0.6 is 0 Å². The summed E-state index contributed by atoms with van der Waals surface area (Å²) in [6.07, 6.45) is 5.67. The van der Waals surface area contributed by atoms with Crippen LogP contribution in [-0.4, -0.2) is 5.78 Å². The van der Waals surface area contributed by atoms with Gasteiger partial charge in [0.2, 0.25) is 0 Å². The number of benzene rings is 2. The number of hydrogen-bond donors (Lipinski definition) is 0. The minimum atomic E-state index is 0.0955. The van der Waals surface area contributed by atoms with Crippen molar-refractivity contribution in [3.63, 3.8) is 0 Å². The molecule has 0 radical (unpaired) electrons. The second-order valence-electron chi connectivity index (χ2n) is 4.29. The third-order valence-electron chi connectivity index (χ3n) is 2.90. The quantitative estimate of drug-likeness (QED) is 0.726. The molecule has 0 spiro atoms. The minimum Gasteiger partial charge on any atom is -0.294 e. The van der Waals surface area contributed by atoms with E-state index in [1.165, 1.54) is 0 Å². The number of hydrogen-bond acceptors (Lipinski definition) is 1. The standard InChI is InChI=1S/C18H16O/c1-2-16-10-6-7-11-17(16)14-18(19)13-12-15-8-4-3-5-9-15/h2-13H,1,14H2/b13-12+. The molecule has 0 atom stereocenters. The Balaban J connectivity index is 2.06. The molecule has 1 nitrogen and oxygen atoms in total. The second-order valence-corrected chi connectivity index (χ2v) is 4.29. The molecule has 0 saturated carbocycles. The first kappa shape index (κ1) is 13.0. The van der Waals surface area contributed by atoms with E-state index in [9.17, 15) is 4.79 Å². The highest BCUT2D eigenvalue weighted by Crippen LogP contribution is 2.11. The molecule has 0 saturated heterocycles. The zero-order valence-corrected chi connectivity index (χ0v) is 10.8. The van der Waals surface area contributed by atoms with Gasteiger partial charge >= 0.3 is 0 Å². The van der Waals surface area contributed by atoms with Gasteiger partial charge in [-0.15, -0.1) is 0 Å². The average Bonchev–Trinajstić information content (AvgIpc) is 2.47. The second kappa shape index (κ2) is 6.50. The fraction of sp³-hybridized carbons (Fsp3) is 0.0556. The van der Waals surface area contributed by atoms with E-state index < -0.39 is 0 Å². The fourth-order valence-corrected chi connectivity index (χ4v) is 1.89. The first-order valence-corrected chi connectivity index (χ1v) is 6.26. The SMILES string of the molecule is C=Cc1ccccc1CC(=O)/C=C/c1ccccc1. The molecule has 0 aliphatic carbocycles. The van der Waals surface area contributed by atoms with Crippen LogP contribution in [0, 0.1) is 0 Å². The molecular formula is C18H16O. The molecule has 0 aliphatic heterocycles. The number of carbonyl (C=O) groups excluding carboxylic acids is 1. The van der Waals surface area contributed by atoms with Crippen LogP contribution in [-0.2, 0) is 11.2 Å². The normalized spacial score (nSPS) is 10.5. The Morgan fingerprint density at radius 2 is 1.68 bits per heavy atom. The van der Waals surface area contributed by atoms with Crippen LogP contribution in [0.2, 0.25) is 0 Å². The topological polar surface area (TPSA) is 17.1 Å². The van der Waals surface area contributed by atoms with Crippen molar-refractivity contribution < 1.29 is 4.79 Å². The molecule has 0 unspecified atom stereocenters. The molecule has 19 heavy (non-hydrogen) atoms. The van der Waals surface area contributed by atoms with Crippen LogP contribution in [0.15, 0.2) is 67.3 Å². The summed E-state index contributed by atoms with van der Waals surface area (Å²) in [7, 11) is 0. The molecule has 0 aliphatic rings. The number of ketones is 1. The third-order valence-corrected chi connectivity index (χ3v) is 2.90. The summed E-state index contributed by atoms with van der Waals surface area (Å²) in [5.74, 6) is 0.0955. The monoisotopic (exact) mass is 248 g/mol. The van der Waals surface area contributed by atoms with Crippen LogP contribution in [0.4, 0.5) is 0 Å². The first-order chi connectivity index (χ1) is 9.29. The van der Waals surface area contributed by atoms with E-state index in [4.69, 9.17) is 0 Å². The number of rotatable bonds is 5. The van der Waals surface area contributed by atoms with Crippen molar-refractivity contribution in [2.45, 2.75) is 6.42 Å². The highest BCUT2D eigenvalue weighted by Gasteiger charge is 2.03. The van der Waals surface area contributed by atoms with Crippen molar-refractivity contribution in [3.8, 4) is 0 Å². The van der Waals surface area contributed by atoms with Gasteiger partial charge in [0.1, 0.15) is 0 Å². The van der Waals surface area contributed by atoms with Gasteiger partial charge in [0.05, 0.1) is 0 Å². The Labute approximate surface area is 113 Å². The van der Waals surface area contributed by atoms with Gasteiger partial charge in [0.15, 0.2) is 5.78 Å². The fourth-order valence-electron chi connectivity index (χ4n) is 1.89. The molecule has 0 heterocycles. The van der Waals surface area contributed by atoms with E-state index in [1.807, 2.05) is 60.7 Å². The van der Waals surface area contributed by atoms with E-state index in [-0.39, 0.29) is 5.78 Å². The molecule has 2 aromatic rings. The largest absolute Gasteiger partial charge is 0.294 e. The van der Waals surface area contributed by atoms with Gasteiger partial charge in [-0.1, -0.05) is 73.3 Å². The Morgan fingerprint density at radius 3 is 2.42 bits per heavy atom. The lowest BCUT2D eigenvalue weighted by Crippen LogP contribution is -2.00. The molecule has 94 valence electrons. The van der Waals surface area contributed by atoms with Gasteiger partial charge in [-0.05, 0) is 22.8 Å². The average molecular weight is 248 g/mol. The lowest BCUT2D eigenvalue weighted by atomic mass is 10.0. The van der Waals surface area contributed by atoms with Crippen LogP contribution < -0.4 is 0 Å². The molecule has 0 bridgehead atoms. The van der Waals surface area contributed by atoms with E-state index >= 15 is 0 Å². The smallest absolute Gasteiger partial charge is 0.160 e. The van der Waals surface area contributed by atoms with Crippen molar-refractivity contribution in [1.82, 2.24) is 0 Å². The minimum absolute atomic E-state index is 0.0955. The highest BCUT2D eigenvalue weighted by molar-refractivity contribution is 5.95. The van der Waals surface area contributed by atoms with Crippen molar-refractivity contribution in [3.05, 3.63) is 83.9 Å². The van der Waals surface area contributed by atoms with E-state index in [1.54, 1.807) is 12.2 Å². The zero-order valence-electron chi connectivity index (χ0n) is 10.8. The zero-order chi connectivity index (χ0) is 13.5. The molecule has 0 aromatic heterocycles. The Hall–Kier alpha value is -2.41. The van der Waals surface area contributed by atoms with Gasteiger partial charge < -0.3 is 0 Å². The summed E-state index contributed by atoms with van der Waals surface area (Å²) in [6, 6.07) is 17.6. The maximum absolute atomic E-state index is 11.9. The lowest BCUT2D eigenvalue weighted by Gasteiger charge is -2.02. The van der Waals surface area contributed by atoms with Crippen molar-refractivity contribution in [1.29, 1.82) is 0 Å². The molecule has 0 amide bonds. The van der Waals surface area contributed by atoms with Crippen LogP contribution in [0.25, 0.3) is 12.2 Å². The third kappa shape index (κ3) is 3.78.